The molecule has 0 fully saturated rings. The summed E-state index contributed by atoms with van der Waals surface area (Å²) < 4.78 is 1.17. The zero-order chi connectivity index (χ0) is 14.8. The van der Waals surface area contributed by atoms with Crippen molar-refractivity contribution in [2.75, 3.05) is 0 Å². The molecular formula is C21H13Br. The van der Waals surface area contributed by atoms with Gasteiger partial charge in [-0.15, -0.1) is 0 Å². The Morgan fingerprint density at radius 3 is 2.14 bits per heavy atom. The molecule has 0 N–H and O–H groups in total. The number of aryl methyl sites for hydroxylation is 1. The molecule has 0 amide bonds. The van der Waals surface area contributed by atoms with E-state index in [-0.39, 0.29) is 0 Å². The molecule has 5 rings (SSSR count). The molecule has 0 saturated heterocycles. The summed E-state index contributed by atoms with van der Waals surface area (Å²) in [4.78, 5) is 0. The largest absolute Gasteiger partial charge is 0.0616 e. The molecule has 0 spiro atoms. The van der Waals surface area contributed by atoms with E-state index in [1.807, 2.05) is 0 Å². The van der Waals surface area contributed by atoms with E-state index in [4.69, 9.17) is 0 Å². The molecule has 0 aliphatic heterocycles. The second kappa shape index (κ2) is 4.21. The molecule has 5 aromatic rings. The smallest absolute Gasteiger partial charge is 0.0260 e. The van der Waals surface area contributed by atoms with Gasteiger partial charge in [0.15, 0.2) is 0 Å². The van der Waals surface area contributed by atoms with Gasteiger partial charge < -0.3 is 0 Å². The zero-order valence-electron chi connectivity index (χ0n) is 12.2. The van der Waals surface area contributed by atoms with Crippen molar-refractivity contribution in [1.82, 2.24) is 0 Å². The first-order valence-electron chi connectivity index (χ1n) is 7.50. The van der Waals surface area contributed by atoms with Gasteiger partial charge in [0.1, 0.15) is 0 Å². The summed E-state index contributed by atoms with van der Waals surface area (Å²) in [7, 11) is 0. The third-order valence-corrected chi connectivity index (χ3v) is 5.48. The minimum absolute atomic E-state index is 1.17. The number of hydrogen-bond donors (Lipinski definition) is 0. The average Bonchev–Trinajstić information content (AvgIpc) is 2.55. The van der Waals surface area contributed by atoms with Gasteiger partial charge in [0.25, 0.3) is 0 Å². The summed E-state index contributed by atoms with van der Waals surface area (Å²) in [6.45, 7) is 2.20. The van der Waals surface area contributed by atoms with Crippen molar-refractivity contribution in [3.8, 4) is 0 Å². The standard InChI is InChI=1S/C21H13Br/c1-12-6-9-17-15-4-2-3-5-16(15)21-18(22)11-8-13-7-10-14(12)20(17)19(13)21/h2-11H,1H3. The van der Waals surface area contributed by atoms with Crippen LogP contribution < -0.4 is 0 Å². The van der Waals surface area contributed by atoms with Crippen LogP contribution in [0, 0.1) is 6.92 Å². The first-order valence-corrected chi connectivity index (χ1v) is 8.29. The fraction of sp³-hybridized carbons (Fsp3) is 0.0476. The highest BCUT2D eigenvalue weighted by Crippen LogP contribution is 2.43. The van der Waals surface area contributed by atoms with Crippen LogP contribution >= 0.6 is 15.9 Å². The summed E-state index contributed by atoms with van der Waals surface area (Å²) in [5.74, 6) is 0. The topological polar surface area (TPSA) is 0 Å². The number of rotatable bonds is 0. The predicted octanol–water partition coefficient (Wildman–Crippen LogP) is 6.81. The summed E-state index contributed by atoms with van der Waals surface area (Å²) in [5, 5.41) is 10.8. The Bertz CT molecular complexity index is 1180. The van der Waals surface area contributed by atoms with Crippen LogP contribution in [0.4, 0.5) is 0 Å². The minimum atomic E-state index is 1.17. The molecule has 0 nitrogen and oxygen atoms in total. The Hall–Kier alpha value is -2.12. The summed E-state index contributed by atoms with van der Waals surface area (Å²) in [6, 6.07) is 22.1. The van der Waals surface area contributed by atoms with Gasteiger partial charge >= 0.3 is 0 Å². The lowest BCUT2D eigenvalue weighted by molar-refractivity contribution is 1.55. The molecule has 0 heterocycles. The SMILES string of the molecule is Cc1ccc2c3ccccc3c3c(Br)ccc4ccc1c2c43. The molecule has 0 bridgehead atoms. The van der Waals surface area contributed by atoms with Crippen molar-refractivity contribution in [3.63, 3.8) is 0 Å². The van der Waals surface area contributed by atoms with Gasteiger partial charge in [-0.3, -0.25) is 0 Å². The van der Waals surface area contributed by atoms with Crippen LogP contribution in [0.3, 0.4) is 0 Å². The number of benzene rings is 5. The Morgan fingerprint density at radius 1 is 0.591 bits per heavy atom. The Kier molecular flexibility index (Phi) is 2.38. The van der Waals surface area contributed by atoms with Crippen molar-refractivity contribution in [2.24, 2.45) is 0 Å². The third-order valence-electron chi connectivity index (χ3n) is 4.82. The van der Waals surface area contributed by atoms with Gasteiger partial charge in [-0.25, -0.2) is 0 Å². The molecule has 0 unspecified atom stereocenters. The lowest BCUT2D eigenvalue weighted by Crippen LogP contribution is -1.89. The second-order valence-electron chi connectivity index (χ2n) is 5.98. The Balaban J connectivity index is 2.32. The molecule has 0 saturated carbocycles. The summed E-state index contributed by atoms with van der Waals surface area (Å²) in [5.41, 5.74) is 1.34. The number of hydrogen-bond acceptors (Lipinski definition) is 0. The zero-order valence-corrected chi connectivity index (χ0v) is 13.7. The number of halogens is 1. The Morgan fingerprint density at radius 2 is 1.27 bits per heavy atom. The van der Waals surface area contributed by atoms with E-state index in [0.29, 0.717) is 0 Å². The van der Waals surface area contributed by atoms with E-state index >= 15 is 0 Å². The van der Waals surface area contributed by atoms with Crippen LogP contribution in [0.2, 0.25) is 0 Å². The molecule has 1 heteroatoms. The van der Waals surface area contributed by atoms with Crippen molar-refractivity contribution in [1.29, 1.82) is 0 Å². The molecule has 5 aromatic carbocycles. The van der Waals surface area contributed by atoms with E-state index in [0.717, 1.165) is 0 Å². The van der Waals surface area contributed by atoms with Gasteiger partial charge in [-0.2, -0.15) is 0 Å². The fourth-order valence-corrected chi connectivity index (χ4v) is 4.35. The summed E-state index contributed by atoms with van der Waals surface area (Å²) >= 11 is 3.78. The molecule has 0 atom stereocenters. The maximum absolute atomic E-state index is 3.78. The fourth-order valence-electron chi connectivity index (χ4n) is 3.81. The average molecular weight is 345 g/mol. The molecule has 0 aliphatic rings. The minimum Gasteiger partial charge on any atom is -0.0616 e. The molecule has 0 radical (unpaired) electrons. The van der Waals surface area contributed by atoms with E-state index in [2.05, 4.69) is 83.5 Å². The first kappa shape index (κ1) is 12.4. The number of fused-ring (bicyclic) bond motifs is 3. The van der Waals surface area contributed by atoms with Crippen molar-refractivity contribution >= 4 is 59.0 Å². The summed E-state index contributed by atoms with van der Waals surface area (Å²) in [6.07, 6.45) is 0. The highest BCUT2D eigenvalue weighted by Gasteiger charge is 2.15. The maximum atomic E-state index is 3.78. The van der Waals surface area contributed by atoms with Crippen LogP contribution in [0.25, 0.3) is 43.1 Å². The lowest BCUT2D eigenvalue weighted by Gasteiger charge is -2.16. The first-order chi connectivity index (χ1) is 10.8. The van der Waals surface area contributed by atoms with Gasteiger partial charge in [0, 0.05) is 9.86 Å². The van der Waals surface area contributed by atoms with Gasteiger partial charge in [0.2, 0.25) is 0 Å². The normalized spacial score (nSPS) is 12.1. The van der Waals surface area contributed by atoms with Crippen molar-refractivity contribution in [3.05, 3.63) is 70.7 Å². The highest BCUT2D eigenvalue weighted by atomic mass is 79.9. The monoisotopic (exact) mass is 344 g/mol. The van der Waals surface area contributed by atoms with E-state index in [9.17, 15) is 0 Å². The molecule has 104 valence electrons. The van der Waals surface area contributed by atoms with Crippen LogP contribution in [0.5, 0.6) is 0 Å². The van der Waals surface area contributed by atoms with Crippen LogP contribution in [-0.4, -0.2) is 0 Å². The van der Waals surface area contributed by atoms with E-state index < -0.39 is 0 Å². The quantitative estimate of drug-likeness (QED) is 0.214. The molecular weight excluding hydrogens is 332 g/mol. The second-order valence-corrected chi connectivity index (χ2v) is 6.84. The highest BCUT2D eigenvalue weighted by molar-refractivity contribution is 9.10. The lowest BCUT2D eigenvalue weighted by atomic mass is 9.88. The van der Waals surface area contributed by atoms with E-state index in [1.165, 1.54) is 53.1 Å². The molecule has 0 aliphatic carbocycles. The maximum Gasteiger partial charge on any atom is 0.0260 e. The van der Waals surface area contributed by atoms with Crippen molar-refractivity contribution < 1.29 is 0 Å². The van der Waals surface area contributed by atoms with Crippen LogP contribution in [-0.2, 0) is 0 Å². The van der Waals surface area contributed by atoms with Crippen LogP contribution in [0.15, 0.2) is 65.1 Å². The molecule has 0 aromatic heterocycles. The van der Waals surface area contributed by atoms with E-state index in [1.54, 1.807) is 0 Å². The van der Waals surface area contributed by atoms with Gasteiger partial charge in [-0.05, 0) is 56.3 Å². The van der Waals surface area contributed by atoms with Gasteiger partial charge in [-0.1, -0.05) is 70.5 Å². The van der Waals surface area contributed by atoms with Crippen molar-refractivity contribution in [2.45, 2.75) is 6.92 Å². The third kappa shape index (κ3) is 1.42. The molecule has 22 heavy (non-hydrogen) atoms. The van der Waals surface area contributed by atoms with Gasteiger partial charge in [0.05, 0.1) is 0 Å². The van der Waals surface area contributed by atoms with Crippen LogP contribution in [0.1, 0.15) is 5.56 Å². The Labute approximate surface area is 136 Å². The predicted molar refractivity (Wildman–Crippen MR) is 100 cm³/mol.